The normalized spacial score (nSPS) is 15.1. The lowest BCUT2D eigenvalue weighted by molar-refractivity contribution is 0.327. The summed E-state index contributed by atoms with van der Waals surface area (Å²) in [6, 6.07) is 0. The van der Waals surface area contributed by atoms with Gasteiger partial charge in [-0.3, -0.25) is 0 Å². The second-order valence-corrected chi connectivity index (χ2v) is 7.64. The molecule has 0 aromatic rings. The zero-order valence-electron chi connectivity index (χ0n) is 17.0. The lowest BCUT2D eigenvalue weighted by Crippen LogP contribution is -2.20. The van der Waals surface area contributed by atoms with Crippen LogP contribution in [0.2, 0.25) is 0 Å². The van der Waals surface area contributed by atoms with E-state index < -0.39 is 7.25 Å². The van der Waals surface area contributed by atoms with Crippen molar-refractivity contribution in [2.24, 2.45) is 0 Å². The van der Waals surface area contributed by atoms with Gasteiger partial charge in [0.2, 0.25) is 0 Å². The molecule has 0 bridgehead atoms. The van der Waals surface area contributed by atoms with E-state index in [1.165, 1.54) is 122 Å². The van der Waals surface area contributed by atoms with Gasteiger partial charge in [-0.25, -0.2) is 0 Å². The topological polar surface area (TPSA) is 3.24 Å². The molecule has 1 rings (SSSR count). The number of rotatable bonds is 15. The van der Waals surface area contributed by atoms with Crippen molar-refractivity contribution in [1.29, 1.82) is 0 Å². The van der Waals surface area contributed by atoms with Crippen LogP contribution in [0.1, 0.15) is 110 Å². The quantitative estimate of drug-likeness (QED) is 0.158. The molecule has 0 N–H and O–H groups in total. The largest absolute Gasteiger partial charge is 0.673 e. The standard InChI is InChI=1S/C20H41N.BF4/c1-2-3-4-5-6-7-8-9-10-11-12-13-14-15-18-21-19-16-17-20-21;2-1(3,4)5/h2-20H2,1H3;/q;-1. The summed E-state index contributed by atoms with van der Waals surface area (Å²) in [5.74, 6) is 0. The van der Waals surface area contributed by atoms with E-state index in [9.17, 15) is 17.3 Å². The molecule has 0 aromatic heterocycles. The fourth-order valence-electron chi connectivity index (χ4n) is 3.54. The lowest BCUT2D eigenvalue weighted by atomic mass is 10.0. The van der Waals surface area contributed by atoms with Crippen LogP contribution in [-0.4, -0.2) is 31.8 Å². The molecule has 1 saturated heterocycles. The highest BCUT2D eigenvalue weighted by atomic mass is 19.5. The van der Waals surface area contributed by atoms with Gasteiger partial charge in [-0.05, 0) is 38.9 Å². The fourth-order valence-corrected chi connectivity index (χ4v) is 3.54. The van der Waals surface area contributed by atoms with E-state index >= 15 is 0 Å². The van der Waals surface area contributed by atoms with Crippen LogP contribution in [0.5, 0.6) is 0 Å². The van der Waals surface area contributed by atoms with Crippen molar-refractivity contribution >= 4 is 7.25 Å². The molecule has 0 aromatic carbocycles. The Labute approximate surface area is 159 Å². The summed E-state index contributed by atoms with van der Waals surface area (Å²) in [5.41, 5.74) is 0. The van der Waals surface area contributed by atoms with Crippen molar-refractivity contribution in [2.75, 3.05) is 19.6 Å². The molecule has 1 nitrogen and oxygen atoms in total. The maximum atomic E-state index is 9.75. The van der Waals surface area contributed by atoms with Gasteiger partial charge in [0.15, 0.2) is 0 Å². The third-order valence-corrected chi connectivity index (χ3v) is 5.03. The minimum Gasteiger partial charge on any atom is -0.418 e. The smallest absolute Gasteiger partial charge is 0.418 e. The van der Waals surface area contributed by atoms with Gasteiger partial charge in [-0.2, -0.15) is 0 Å². The Hall–Kier alpha value is -0.255. The lowest BCUT2D eigenvalue weighted by Gasteiger charge is -2.13. The van der Waals surface area contributed by atoms with Crippen LogP contribution < -0.4 is 0 Å². The third kappa shape index (κ3) is 23.7. The second kappa shape index (κ2) is 18.1. The number of likely N-dealkylation sites (tertiary alicyclic amines) is 1. The molecule has 1 heterocycles. The van der Waals surface area contributed by atoms with Crippen LogP contribution >= 0.6 is 0 Å². The molecule has 0 aliphatic carbocycles. The number of hydrogen-bond donors (Lipinski definition) is 0. The molecule has 6 heteroatoms. The summed E-state index contributed by atoms with van der Waals surface area (Å²) < 4.78 is 39.0. The zero-order valence-corrected chi connectivity index (χ0v) is 17.0. The molecule has 0 atom stereocenters. The van der Waals surface area contributed by atoms with Gasteiger partial charge in [0.1, 0.15) is 0 Å². The highest BCUT2D eigenvalue weighted by molar-refractivity contribution is 6.50. The molecule has 158 valence electrons. The summed E-state index contributed by atoms with van der Waals surface area (Å²) in [7, 11) is -6.00. The maximum absolute atomic E-state index is 9.75. The van der Waals surface area contributed by atoms with E-state index in [4.69, 9.17) is 0 Å². The van der Waals surface area contributed by atoms with Crippen LogP contribution in [0.4, 0.5) is 17.3 Å². The fraction of sp³-hybridized carbons (Fsp3) is 1.00. The van der Waals surface area contributed by atoms with Gasteiger partial charge in [0.25, 0.3) is 0 Å². The minimum absolute atomic E-state index is 1.37. The van der Waals surface area contributed by atoms with Gasteiger partial charge in [0, 0.05) is 0 Å². The molecule has 1 aliphatic heterocycles. The molecular weight excluding hydrogens is 341 g/mol. The predicted molar refractivity (Wildman–Crippen MR) is 106 cm³/mol. The van der Waals surface area contributed by atoms with E-state index in [1.54, 1.807) is 0 Å². The summed E-state index contributed by atoms with van der Waals surface area (Å²) >= 11 is 0. The Bertz CT molecular complexity index is 275. The predicted octanol–water partition coefficient (Wildman–Crippen LogP) is 7.86. The van der Waals surface area contributed by atoms with E-state index in [0.717, 1.165) is 0 Å². The number of unbranched alkanes of at least 4 members (excludes halogenated alkanes) is 13. The van der Waals surface area contributed by atoms with Crippen molar-refractivity contribution in [3.8, 4) is 0 Å². The molecule has 1 aliphatic rings. The van der Waals surface area contributed by atoms with Crippen LogP contribution in [0.3, 0.4) is 0 Å². The monoisotopic (exact) mass is 382 g/mol. The molecule has 0 unspecified atom stereocenters. The van der Waals surface area contributed by atoms with Crippen molar-refractivity contribution in [2.45, 2.75) is 110 Å². The third-order valence-electron chi connectivity index (χ3n) is 5.03. The van der Waals surface area contributed by atoms with Crippen molar-refractivity contribution < 1.29 is 17.3 Å². The average Bonchev–Trinajstić information content (AvgIpc) is 3.07. The highest BCUT2D eigenvalue weighted by Gasteiger charge is 2.20. The van der Waals surface area contributed by atoms with Gasteiger partial charge in [0.05, 0.1) is 0 Å². The van der Waals surface area contributed by atoms with E-state index in [0.29, 0.717) is 0 Å². The summed E-state index contributed by atoms with van der Waals surface area (Å²) in [6.45, 7) is 6.42. The molecule has 26 heavy (non-hydrogen) atoms. The zero-order chi connectivity index (χ0) is 19.5. The number of nitrogens with zero attached hydrogens (tertiary/aromatic N) is 1. The van der Waals surface area contributed by atoms with Crippen molar-refractivity contribution in [3.05, 3.63) is 0 Å². The SMILES string of the molecule is CCCCCCCCCCCCCCCCN1CCCC1.F[B-](F)(F)F. The Balaban J connectivity index is 0.00000110. The molecule has 0 saturated carbocycles. The Morgan fingerprint density at radius 1 is 0.577 bits per heavy atom. The number of hydrogen-bond acceptors (Lipinski definition) is 1. The average molecular weight is 382 g/mol. The van der Waals surface area contributed by atoms with Gasteiger partial charge in [-0.1, -0.05) is 90.4 Å². The van der Waals surface area contributed by atoms with Gasteiger partial charge < -0.3 is 22.2 Å². The molecular formula is C20H41BF4N-. The minimum atomic E-state index is -6.00. The van der Waals surface area contributed by atoms with Crippen molar-refractivity contribution in [3.63, 3.8) is 0 Å². The first-order valence-electron chi connectivity index (χ1n) is 11.0. The Kier molecular flexibility index (Phi) is 17.9. The van der Waals surface area contributed by atoms with Crippen LogP contribution in [0.15, 0.2) is 0 Å². The molecule has 1 fully saturated rings. The maximum Gasteiger partial charge on any atom is 0.673 e. The molecule has 0 radical (unpaired) electrons. The summed E-state index contributed by atoms with van der Waals surface area (Å²) in [4.78, 5) is 2.65. The van der Waals surface area contributed by atoms with Crippen LogP contribution in [-0.2, 0) is 0 Å². The molecule has 0 amide bonds. The van der Waals surface area contributed by atoms with Gasteiger partial charge >= 0.3 is 7.25 Å². The Morgan fingerprint density at radius 2 is 0.885 bits per heavy atom. The van der Waals surface area contributed by atoms with Crippen LogP contribution in [0, 0.1) is 0 Å². The van der Waals surface area contributed by atoms with E-state index in [-0.39, 0.29) is 0 Å². The highest BCUT2D eigenvalue weighted by Crippen LogP contribution is 2.14. The van der Waals surface area contributed by atoms with Crippen molar-refractivity contribution in [1.82, 2.24) is 4.90 Å². The first kappa shape index (κ1) is 25.7. The van der Waals surface area contributed by atoms with E-state index in [1.807, 2.05) is 0 Å². The first-order chi connectivity index (χ1) is 12.4. The molecule has 0 spiro atoms. The van der Waals surface area contributed by atoms with E-state index in [2.05, 4.69) is 11.8 Å². The Morgan fingerprint density at radius 3 is 1.23 bits per heavy atom. The second-order valence-electron chi connectivity index (χ2n) is 7.64. The number of halogens is 4. The summed E-state index contributed by atoms with van der Waals surface area (Å²) in [5, 5.41) is 0. The first-order valence-corrected chi connectivity index (χ1v) is 11.0. The summed E-state index contributed by atoms with van der Waals surface area (Å²) in [6.07, 6.45) is 23.4. The van der Waals surface area contributed by atoms with Crippen LogP contribution in [0.25, 0.3) is 0 Å². The van der Waals surface area contributed by atoms with Gasteiger partial charge in [-0.15, -0.1) is 0 Å².